The fourth-order valence-corrected chi connectivity index (χ4v) is 4.57. The summed E-state index contributed by atoms with van der Waals surface area (Å²) in [5.74, 6) is 0.470. The van der Waals surface area contributed by atoms with Crippen molar-refractivity contribution in [3.8, 4) is 0 Å². The topological polar surface area (TPSA) is 56.7 Å². The van der Waals surface area contributed by atoms with Gasteiger partial charge >= 0.3 is 6.03 Å². The average Bonchev–Trinajstić information content (AvgIpc) is 2.62. The molecule has 0 fully saturated rings. The van der Waals surface area contributed by atoms with Gasteiger partial charge in [-0.3, -0.25) is 0 Å². The molecule has 5 heteroatoms. The maximum absolute atomic E-state index is 12.0. The third kappa shape index (κ3) is 4.61. The summed E-state index contributed by atoms with van der Waals surface area (Å²) < 4.78 is 0. The summed E-state index contributed by atoms with van der Waals surface area (Å²) in [5, 5.41) is 6.91. The van der Waals surface area contributed by atoms with E-state index >= 15 is 0 Å². The predicted molar refractivity (Wildman–Crippen MR) is 122 cm³/mol. The number of aryl methyl sites for hydroxylation is 1. The third-order valence-corrected chi connectivity index (χ3v) is 5.58. The number of hydrogen-bond donors (Lipinski definition) is 2. The van der Waals surface area contributed by atoms with Crippen LogP contribution in [0, 0.1) is 6.92 Å². The van der Waals surface area contributed by atoms with Crippen molar-refractivity contribution >= 4 is 23.6 Å². The van der Waals surface area contributed by atoms with Crippen LogP contribution in [-0.4, -0.2) is 23.8 Å². The second kappa shape index (κ2) is 8.27. The number of hydrazone groups is 1. The zero-order chi connectivity index (χ0) is 21.2. The van der Waals surface area contributed by atoms with E-state index in [1.165, 1.54) is 11.3 Å². The highest BCUT2D eigenvalue weighted by molar-refractivity contribution is 5.91. The van der Waals surface area contributed by atoms with Gasteiger partial charge in [-0.05, 0) is 87.9 Å². The van der Waals surface area contributed by atoms with Crippen molar-refractivity contribution in [1.82, 2.24) is 5.43 Å². The quantitative estimate of drug-likeness (QED) is 0.522. The lowest BCUT2D eigenvalue weighted by molar-refractivity contribution is 0.252. The molecule has 5 nitrogen and oxygen atoms in total. The Morgan fingerprint density at radius 2 is 1.93 bits per heavy atom. The van der Waals surface area contributed by atoms with Gasteiger partial charge in [0.1, 0.15) is 0 Å². The standard InChI is InChI=1S/C24H32N4O/c1-16(2)28-22-12-17(3)19(13-21(22)18(4)14-24(28,5)6)15-25-27-23(29)26-20-10-8-7-9-11-20/h7-13,15-16,18H,14H2,1-6H3,(H2,26,27,29)/b25-15-. The molecule has 1 aliphatic rings. The van der Waals surface area contributed by atoms with E-state index in [0.717, 1.165) is 23.2 Å². The molecule has 0 radical (unpaired) electrons. The van der Waals surface area contributed by atoms with Crippen LogP contribution in [0.15, 0.2) is 47.6 Å². The maximum atomic E-state index is 12.0. The number of benzene rings is 2. The molecule has 1 heterocycles. The van der Waals surface area contributed by atoms with E-state index in [9.17, 15) is 4.79 Å². The predicted octanol–water partition coefficient (Wildman–Crippen LogP) is 5.65. The van der Waals surface area contributed by atoms with Crippen LogP contribution in [0.25, 0.3) is 0 Å². The van der Waals surface area contributed by atoms with Crippen LogP contribution >= 0.6 is 0 Å². The normalized spacial score (nSPS) is 18.0. The molecule has 2 amide bonds. The van der Waals surface area contributed by atoms with Gasteiger partial charge in [-0.1, -0.05) is 25.1 Å². The van der Waals surface area contributed by atoms with Crippen LogP contribution in [0.1, 0.15) is 63.6 Å². The molecule has 0 aromatic heterocycles. The maximum Gasteiger partial charge on any atom is 0.339 e. The van der Waals surface area contributed by atoms with Gasteiger partial charge in [0, 0.05) is 23.0 Å². The molecule has 2 N–H and O–H groups in total. The highest BCUT2D eigenvalue weighted by atomic mass is 16.2. The zero-order valence-electron chi connectivity index (χ0n) is 18.3. The highest BCUT2D eigenvalue weighted by Crippen LogP contribution is 2.45. The first kappa shape index (κ1) is 20.9. The number of hydrogen-bond acceptors (Lipinski definition) is 3. The second-order valence-corrected chi connectivity index (χ2v) is 8.84. The van der Waals surface area contributed by atoms with Gasteiger partial charge in [0.25, 0.3) is 0 Å². The van der Waals surface area contributed by atoms with Gasteiger partial charge in [-0.15, -0.1) is 0 Å². The average molecular weight is 393 g/mol. The number of carbonyl (C=O) groups excluding carboxylic acids is 1. The van der Waals surface area contributed by atoms with Crippen molar-refractivity contribution in [2.75, 3.05) is 10.2 Å². The first-order valence-corrected chi connectivity index (χ1v) is 10.3. The molecule has 1 unspecified atom stereocenters. The largest absolute Gasteiger partial charge is 0.364 e. The van der Waals surface area contributed by atoms with Crippen molar-refractivity contribution in [3.63, 3.8) is 0 Å². The molecule has 2 aromatic rings. The Labute approximate surface area is 174 Å². The van der Waals surface area contributed by atoms with Crippen LogP contribution in [0.3, 0.4) is 0 Å². The van der Waals surface area contributed by atoms with Crippen LogP contribution in [0.2, 0.25) is 0 Å². The van der Waals surface area contributed by atoms with Gasteiger partial charge in [0.15, 0.2) is 0 Å². The van der Waals surface area contributed by atoms with Crippen LogP contribution < -0.4 is 15.6 Å². The van der Waals surface area contributed by atoms with Gasteiger partial charge in [-0.2, -0.15) is 5.10 Å². The number of anilines is 2. The highest BCUT2D eigenvalue weighted by Gasteiger charge is 2.37. The first-order chi connectivity index (χ1) is 13.7. The van der Waals surface area contributed by atoms with Crippen molar-refractivity contribution in [2.45, 2.75) is 65.5 Å². The number of urea groups is 1. The lowest BCUT2D eigenvalue weighted by Crippen LogP contribution is -2.51. The van der Waals surface area contributed by atoms with E-state index in [1.54, 1.807) is 6.21 Å². The Bertz CT molecular complexity index is 903. The third-order valence-electron chi connectivity index (χ3n) is 5.58. The lowest BCUT2D eigenvalue weighted by atomic mass is 9.78. The first-order valence-electron chi connectivity index (χ1n) is 10.3. The summed E-state index contributed by atoms with van der Waals surface area (Å²) in [6, 6.07) is 13.9. The Morgan fingerprint density at radius 1 is 1.24 bits per heavy atom. The SMILES string of the molecule is Cc1cc2c(cc1/C=N\NC(=O)Nc1ccccc1)C(C)CC(C)(C)N2C(C)C. The van der Waals surface area contributed by atoms with Crippen LogP contribution in [0.5, 0.6) is 0 Å². The van der Waals surface area contributed by atoms with Gasteiger partial charge in [0.05, 0.1) is 6.21 Å². The molecular formula is C24H32N4O. The minimum atomic E-state index is -0.357. The van der Waals surface area contributed by atoms with E-state index < -0.39 is 0 Å². The van der Waals surface area contributed by atoms with E-state index in [4.69, 9.17) is 0 Å². The number of carbonyl (C=O) groups is 1. The summed E-state index contributed by atoms with van der Waals surface area (Å²) in [6.07, 6.45) is 2.84. The number of rotatable bonds is 4. The smallest absolute Gasteiger partial charge is 0.339 e. The number of nitrogens with zero attached hydrogens (tertiary/aromatic N) is 2. The molecule has 2 aromatic carbocycles. The minimum Gasteiger partial charge on any atom is -0.364 e. The van der Waals surface area contributed by atoms with Crippen molar-refractivity contribution in [1.29, 1.82) is 0 Å². The summed E-state index contributed by atoms with van der Waals surface area (Å²) >= 11 is 0. The van der Waals surface area contributed by atoms with Crippen molar-refractivity contribution < 1.29 is 4.79 Å². The molecule has 0 saturated carbocycles. The van der Waals surface area contributed by atoms with Crippen molar-refractivity contribution in [3.05, 3.63) is 59.2 Å². The summed E-state index contributed by atoms with van der Waals surface area (Å²) in [7, 11) is 0. The van der Waals surface area contributed by atoms with E-state index in [2.05, 4.69) is 74.4 Å². The summed E-state index contributed by atoms with van der Waals surface area (Å²) in [5.41, 5.74) is 8.24. The monoisotopic (exact) mass is 392 g/mol. The number of para-hydroxylation sites is 1. The second-order valence-electron chi connectivity index (χ2n) is 8.84. The molecule has 0 spiro atoms. The van der Waals surface area contributed by atoms with Crippen LogP contribution in [-0.2, 0) is 0 Å². The molecule has 1 aliphatic heterocycles. The Balaban J connectivity index is 1.79. The number of nitrogens with one attached hydrogen (secondary N) is 2. The Hall–Kier alpha value is -2.82. The molecule has 1 atom stereocenters. The summed E-state index contributed by atoms with van der Waals surface area (Å²) in [6.45, 7) is 13.5. The van der Waals surface area contributed by atoms with Gasteiger partial charge < -0.3 is 10.2 Å². The van der Waals surface area contributed by atoms with E-state index in [-0.39, 0.29) is 11.6 Å². The van der Waals surface area contributed by atoms with Gasteiger partial charge in [-0.25, -0.2) is 10.2 Å². The van der Waals surface area contributed by atoms with Crippen molar-refractivity contribution in [2.24, 2.45) is 5.10 Å². The fraction of sp³-hybridized carbons (Fsp3) is 0.417. The molecular weight excluding hydrogens is 360 g/mol. The zero-order valence-corrected chi connectivity index (χ0v) is 18.3. The molecule has 0 bridgehead atoms. The van der Waals surface area contributed by atoms with E-state index in [0.29, 0.717) is 12.0 Å². The van der Waals surface area contributed by atoms with Crippen LogP contribution in [0.4, 0.5) is 16.2 Å². The minimum absolute atomic E-state index is 0.125. The fourth-order valence-electron chi connectivity index (χ4n) is 4.57. The lowest BCUT2D eigenvalue weighted by Gasteiger charge is -2.50. The molecule has 0 saturated heterocycles. The Kier molecular flexibility index (Phi) is 5.96. The Morgan fingerprint density at radius 3 is 2.59 bits per heavy atom. The molecule has 3 rings (SSSR count). The number of amides is 2. The summed E-state index contributed by atoms with van der Waals surface area (Å²) in [4.78, 5) is 14.5. The molecule has 154 valence electrons. The van der Waals surface area contributed by atoms with Gasteiger partial charge in [0.2, 0.25) is 0 Å². The van der Waals surface area contributed by atoms with E-state index in [1.807, 2.05) is 30.3 Å². The molecule has 0 aliphatic carbocycles. The number of fused-ring (bicyclic) bond motifs is 1. The molecule has 29 heavy (non-hydrogen) atoms.